The van der Waals surface area contributed by atoms with Gasteiger partial charge in [0.2, 0.25) is 0 Å². The molecule has 0 aliphatic carbocycles. The van der Waals surface area contributed by atoms with E-state index in [0.29, 0.717) is 25.7 Å². The zero-order chi connectivity index (χ0) is 75.1. The van der Waals surface area contributed by atoms with Gasteiger partial charge in [-0.05, 0) is 43.4 Å². The Bertz CT molecular complexity index is 1970. The smallest absolute Gasteiger partial charge is 0.462 e. The monoisotopic (exact) mass is 1490 g/mol. The van der Waals surface area contributed by atoms with Gasteiger partial charge < -0.3 is 33.8 Å². The Morgan fingerprint density at radius 1 is 0.265 bits per heavy atom. The molecule has 0 bridgehead atoms. The molecule has 0 aliphatic heterocycles. The van der Waals surface area contributed by atoms with Gasteiger partial charge in [0.05, 0.1) is 26.4 Å². The normalized spacial score (nSPS) is 13.9. The van der Waals surface area contributed by atoms with Crippen LogP contribution in [0.4, 0.5) is 0 Å². The molecule has 0 aliphatic rings. The molecular formula is C83H162O17P2. The zero-order valence-electron chi connectivity index (χ0n) is 67.1. The van der Waals surface area contributed by atoms with Crippen LogP contribution in [0.3, 0.4) is 0 Å². The van der Waals surface area contributed by atoms with Crippen LogP contribution in [0.1, 0.15) is 434 Å². The summed E-state index contributed by atoms with van der Waals surface area (Å²) in [5.74, 6) is 0.296. The summed E-state index contributed by atoms with van der Waals surface area (Å²) in [5.41, 5.74) is 0. The maximum atomic E-state index is 13.1. The first-order valence-corrected chi connectivity index (χ1v) is 45.8. The zero-order valence-corrected chi connectivity index (χ0v) is 68.9. The van der Waals surface area contributed by atoms with Gasteiger partial charge in [-0.15, -0.1) is 0 Å². The molecule has 0 heterocycles. The second-order valence-corrected chi connectivity index (χ2v) is 34.2. The summed E-state index contributed by atoms with van der Waals surface area (Å²) >= 11 is 0. The fourth-order valence-corrected chi connectivity index (χ4v) is 14.4. The number of aliphatic hydroxyl groups is 1. The van der Waals surface area contributed by atoms with Gasteiger partial charge in [-0.3, -0.25) is 37.3 Å². The van der Waals surface area contributed by atoms with E-state index in [1.807, 2.05) is 0 Å². The molecule has 0 spiro atoms. The van der Waals surface area contributed by atoms with Crippen molar-refractivity contribution in [2.75, 3.05) is 39.6 Å². The first-order chi connectivity index (χ1) is 49.2. The molecule has 0 radical (unpaired) electrons. The van der Waals surface area contributed by atoms with E-state index >= 15 is 0 Å². The van der Waals surface area contributed by atoms with Gasteiger partial charge in [-0.25, -0.2) is 9.13 Å². The average Bonchev–Trinajstić information content (AvgIpc) is 0.909. The lowest BCUT2D eigenvalue weighted by atomic mass is 10.0. The molecule has 2 unspecified atom stereocenters. The highest BCUT2D eigenvalue weighted by atomic mass is 31.2. The summed E-state index contributed by atoms with van der Waals surface area (Å²) in [6.07, 6.45) is 62.4. The van der Waals surface area contributed by atoms with Crippen molar-refractivity contribution in [3.05, 3.63) is 0 Å². The fraction of sp³-hybridized carbons (Fsp3) is 0.952. The molecule has 5 atom stereocenters. The van der Waals surface area contributed by atoms with Gasteiger partial charge in [-0.2, -0.15) is 0 Å². The van der Waals surface area contributed by atoms with E-state index in [-0.39, 0.29) is 25.7 Å². The number of hydrogen-bond donors (Lipinski definition) is 3. The minimum atomic E-state index is -4.96. The van der Waals surface area contributed by atoms with Gasteiger partial charge in [0, 0.05) is 25.7 Å². The van der Waals surface area contributed by atoms with Crippen LogP contribution in [0.2, 0.25) is 0 Å². The molecule has 19 heteroatoms. The number of carbonyl (C=O) groups is 4. The first kappa shape index (κ1) is 100. The Morgan fingerprint density at radius 3 is 0.667 bits per heavy atom. The molecule has 606 valence electrons. The summed E-state index contributed by atoms with van der Waals surface area (Å²) in [6, 6.07) is 0. The van der Waals surface area contributed by atoms with E-state index in [1.165, 1.54) is 244 Å². The molecule has 102 heavy (non-hydrogen) atoms. The Morgan fingerprint density at radius 2 is 0.451 bits per heavy atom. The predicted molar refractivity (Wildman–Crippen MR) is 418 cm³/mol. The number of ether oxygens (including phenoxy) is 4. The van der Waals surface area contributed by atoms with Crippen LogP contribution < -0.4 is 0 Å². The largest absolute Gasteiger partial charge is 0.472 e. The van der Waals surface area contributed by atoms with Crippen molar-refractivity contribution in [2.24, 2.45) is 17.8 Å². The summed E-state index contributed by atoms with van der Waals surface area (Å²) in [6.45, 7) is 12.0. The van der Waals surface area contributed by atoms with Crippen molar-refractivity contribution in [1.82, 2.24) is 0 Å². The molecule has 0 saturated carbocycles. The molecule has 0 amide bonds. The molecule has 0 rings (SSSR count). The van der Waals surface area contributed by atoms with Crippen molar-refractivity contribution < 1.29 is 80.2 Å². The lowest BCUT2D eigenvalue weighted by molar-refractivity contribution is -0.161. The number of hydrogen-bond acceptors (Lipinski definition) is 15. The molecule has 0 fully saturated rings. The highest BCUT2D eigenvalue weighted by molar-refractivity contribution is 7.47. The van der Waals surface area contributed by atoms with Gasteiger partial charge in [0.25, 0.3) is 0 Å². The second kappa shape index (κ2) is 73.2. The maximum absolute atomic E-state index is 13.1. The lowest BCUT2D eigenvalue weighted by Crippen LogP contribution is -2.30. The second-order valence-electron chi connectivity index (χ2n) is 31.3. The van der Waals surface area contributed by atoms with Crippen LogP contribution >= 0.6 is 15.6 Å². The summed E-state index contributed by atoms with van der Waals surface area (Å²) in [7, 11) is -9.92. The molecule has 3 N–H and O–H groups in total. The Labute approximate surface area is 626 Å². The molecule has 0 aromatic carbocycles. The van der Waals surface area contributed by atoms with Crippen molar-refractivity contribution in [3.63, 3.8) is 0 Å². The average molecular weight is 1490 g/mol. The van der Waals surface area contributed by atoms with Crippen molar-refractivity contribution in [1.29, 1.82) is 0 Å². The Kier molecular flexibility index (Phi) is 71.8. The number of rotatable bonds is 81. The summed E-state index contributed by atoms with van der Waals surface area (Å²) < 4.78 is 68.8. The third kappa shape index (κ3) is 76.3. The van der Waals surface area contributed by atoms with Crippen LogP contribution in [0.25, 0.3) is 0 Å². The van der Waals surface area contributed by atoms with Gasteiger partial charge in [0.15, 0.2) is 12.2 Å². The van der Waals surface area contributed by atoms with Crippen LogP contribution in [0.5, 0.6) is 0 Å². The van der Waals surface area contributed by atoms with Crippen molar-refractivity contribution in [2.45, 2.75) is 452 Å². The number of aliphatic hydroxyl groups excluding tert-OH is 1. The van der Waals surface area contributed by atoms with Gasteiger partial charge in [-0.1, -0.05) is 382 Å². The van der Waals surface area contributed by atoms with Crippen LogP contribution in [0.15, 0.2) is 0 Å². The topological polar surface area (TPSA) is 237 Å². The van der Waals surface area contributed by atoms with E-state index in [2.05, 4.69) is 48.5 Å². The van der Waals surface area contributed by atoms with E-state index in [4.69, 9.17) is 37.0 Å². The summed E-state index contributed by atoms with van der Waals surface area (Å²) in [5, 5.41) is 10.7. The highest BCUT2D eigenvalue weighted by Crippen LogP contribution is 2.45. The van der Waals surface area contributed by atoms with Gasteiger partial charge in [0.1, 0.15) is 19.3 Å². The first-order valence-electron chi connectivity index (χ1n) is 42.8. The van der Waals surface area contributed by atoms with Crippen LogP contribution in [-0.2, 0) is 65.4 Å². The molecule has 17 nitrogen and oxygen atoms in total. The Balaban J connectivity index is 5.22. The quantitative estimate of drug-likeness (QED) is 0.0222. The molecule has 0 aromatic heterocycles. The minimum absolute atomic E-state index is 0.107. The number of esters is 4. The number of phosphoric acid groups is 2. The predicted octanol–water partition coefficient (Wildman–Crippen LogP) is 24.9. The lowest BCUT2D eigenvalue weighted by Gasteiger charge is -2.21. The number of unbranched alkanes of at least 4 members (excludes halogenated alkanes) is 49. The molecule has 0 saturated heterocycles. The number of phosphoric ester groups is 2. The van der Waals surface area contributed by atoms with Crippen molar-refractivity contribution >= 4 is 39.5 Å². The third-order valence-corrected chi connectivity index (χ3v) is 21.3. The molecular weight excluding hydrogens is 1330 g/mol. The molecule has 0 aromatic rings. The van der Waals surface area contributed by atoms with Crippen LogP contribution in [-0.4, -0.2) is 96.7 Å². The van der Waals surface area contributed by atoms with E-state index in [0.717, 1.165) is 108 Å². The Hall–Kier alpha value is -1.94. The van der Waals surface area contributed by atoms with Crippen molar-refractivity contribution in [3.8, 4) is 0 Å². The standard InChI is InChI=1S/C83H162O17P2/c1-8-9-10-11-12-33-43-50-57-64-80(85)93-70-78(99-82(87)67-60-53-46-39-32-26-20-19-23-29-36-42-49-56-63-76(6)7)72-97-101(89,90)95-68-77(84)69-96-102(91,92)98-73-79(100-83(88)66-59-52-45-38-31-25-18-14-16-22-28-35-41-48-55-62-75(4)5)71-94-81(86)65-58-51-44-37-30-24-17-13-15-21-27-34-40-47-54-61-74(2)3/h74-79,84H,8-73H2,1-7H3,(H,89,90)(H,91,92)/t77-,78+,79+/m0/s1. The third-order valence-electron chi connectivity index (χ3n) is 19.4. The minimum Gasteiger partial charge on any atom is -0.462 e. The van der Waals surface area contributed by atoms with E-state index < -0.39 is 97.5 Å². The maximum Gasteiger partial charge on any atom is 0.472 e. The highest BCUT2D eigenvalue weighted by Gasteiger charge is 2.30. The van der Waals surface area contributed by atoms with Gasteiger partial charge >= 0.3 is 39.5 Å². The summed E-state index contributed by atoms with van der Waals surface area (Å²) in [4.78, 5) is 73.1. The SMILES string of the molecule is CCCCCCCCCCCC(=O)OC[C@H](COP(=O)(O)OC[C@H](O)COP(=O)(O)OC[C@@H](COC(=O)CCCCCCCCCCCCCCCCCC(C)C)OC(=O)CCCCCCCCCCCCCCCCCC(C)C)OC(=O)CCCCCCCCCCCCCCCCC(C)C. The van der Waals surface area contributed by atoms with E-state index in [1.54, 1.807) is 0 Å². The van der Waals surface area contributed by atoms with E-state index in [9.17, 15) is 43.2 Å². The number of carbonyl (C=O) groups excluding carboxylic acids is 4. The van der Waals surface area contributed by atoms with Crippen LogP contribution in [0, 0.1) is 17.8 Å². The fourth-order valence-electron chi connectivity index (χ4n) is 12.8.